The first-order valence-corrected chi connectivity index (χ1v) is 4.43. The zero-order valence-corrected chi connectivity index (χ0v) is 7.99. The molecule has 1 aromatic carbocycles. The Morgan fingerprint density at radius 2 is 2.14 bits per heavy atom. The van der Waals surface area contributed by atoms with Gasteiger partial charge >= 0.3 is 0 Å². The molecule has 1 radical (unpaired) electrons. The molecule has 0 fully saturated rings. The quantitative estimate of drug-likeness (QED) is 0.776. The van der Waals surface area contributed by atoms with Gasteiger partial charge in [0.05, 0.1) is 11.9 Å². The van der Waals surface area contributed by atoms with Crippen LogP contribution in [0.1, 0.15) is 0 Å². The van der Waals surface area contributed by atoms with Crippen LogP contribution in [-0.2, 0) is 0 Å². The molecule has 1 aliphatic heterocycles. The van der Waals surface area contributed by atoms with Crippen molar-refractivity contribution in [3.05, 3.63) is 42.6 Å². The highest BCUT2D eigenvalue weighted by Crippen LogP contribution is 2.07. The third kappa shape index (κ3) is 2.17. The molecule has 0 saturated heterocycles. The predicted octanol–water partition coefficient (Wildman–Crippen LogP) is 1.70. The van der Waals surface area contributed by atoms with Crippen LogP contribution < -0.4 is 10.9 Å². The Morgan fingerprint density at radius 1 is 1.36 bits per heavy atom. The largest absolute Gasteiger partial charge is 0.263 e. The van der Waals surface area contributed by atoms with Gasteiger partial charge in [-0.15, -0.1) is 10.3 Å². The van der Waals surface area contributed by atoms with Gasteiger partial charge in [0, 0.05) is 6.08 Å². The fourth-order valence-corrected chi connectivity index (χ4v) is 1.12. The smallest absolute Gasteiger partial charge is 0.155 e. The Morgan fingerprint density at radius 3 is 2.86 bits per heavy atom. The fourth-order valence-electron chi connectivity index (χ4n) is 0.990. The van der Waals surface area contributed by atoms with Crippen molar-refractivity contribution in [3.8, 4) is 0 Å². The maximum absolute atomic E-state index is 5.69. The lowest BCUT2D eigenvalue weighted by Gasteiger charge is -2.21. The van der Waals surface area contributed by atoms with Gasteiger partial charge in [0.1, 0.15) is 0 Å². The summed E-state index contributed by atoms with van der Waals surface area (Å²) in [5.41, 5.74) is 6.64. The van der Waals surface area contributed by atoms with E-state index in [9.17, 15) is 0 Å². The SMILES string of the molecule is ClC1=NN(Nc2ccccc2)N[C]=C1. The van der Waals surface area contributed by atoms with Crippen LogP contribution in [0.3, 0.4) is 0 Å². The zero-order valence-electron chi connectivity index (χ0n) is 7.24. The van der Waals surface area contributed by atoms with Gasteiger partial charge in [-0.3, -0.25) is 10.9 Å². The van der Waals surface area contributed by atoms with Crippen molar-refractivity contribution in [2.45, 2.75) is 0 Å². The molecule has 0 saturated carbocycles. The van der Waals surface area contributed by atoms with E-state index in [4.69, 9.17) is 11.6 Å². The summed E-state index contributed by atoms with van der Waals surface area (Å²) in [6, 6.07) is 9.64. The van der Waals surface area contributed by atoms with Crippen LogP contribution >= 0.6 is 11.6 Å². The summed E-state index contributed by atoms with van der Waals surface area (Å²) in [5.74, 6) is 0. The Labute approximate surface area is 86.8 Å². The molecule has 0 aliphatic carbocycles. The van der Waals surface area contributed by atoms with Gasteiger partial charge in [-0.1, -0.05) is 29.8 Å². The Balaban J connectivity index is 2.03. The van der Waals surface area contributed by atoms with E-state index in [2.05, 4.69) is 22.2 Å². The number of halogens is 1. The van der Waals surface area contributed by atoms with Gasteiger partial charge in [-0.2, -0.15) is 0 Å². The van der Waals surface area contributed by atoms with Crippen molar-refractivity contribution in [1.29, 1.82) is 0 Å². The molecule has 0 spiro atoms. The van der Waals surface area contributed by atoms with Crippen molar-refractivity contribution in [2.75, 3.05) is 5.43 Å². The minimum absolute atomic E-state index is 0.368. The van der Waals surface area contributed by atoms with Crippen LogP contribution in [0, 0.1) is 6.20 Å². The number of hydrazine groups is 2. The number of nitrogens with one attached hydrogen (secondary N) is 2. The molecule has 1 aliphatic rings. The summed E-state index contributed by atoms with van der Waals surface area (Å²) in [5, 5.41) is 5.71. The average molecular weight is 208 g/mol. The molecule has 0 amide bonds. The van der Waals surface area contributed by atoms with Crippen LogP contribution in [-0.4, -0.2) is 10.4 Å². The number of hydrazone groups is 1. The molecule has 1 heterocycles. The van der Waals surface area contributed by atoms with E-state index in [0.29, 0.717) is 5.17 Å². The first-order valence-electron chi connectivity index (χ1n) is 4.05. The van der Waals surface area contributed by atoms with Gasteiger partial charge in [-0.05, 0) is 12.1 Å². The second kappa shape index (κ2) is 4.02. The molecule has 0 atom stereocenters. The Kier molecular flexibility index (Phi) is 2.55. The second-order valence-electron chi connectivity index (χ2n) is 2.61. The van der Waals surface area contributed by atoms with Crippen LogP contribution in [0.15, 0.2) is 41.5 Å². The van der Waals surface area contributed by atoms with E-state index in [1.54, 1.807) is 6.08 Å². The maximum atomic E-state index is 5.69. The molecule has 0 aromatic heterocycles. The number of hydrogen-bond acceptors (Lipinski definition) is 4. The topological polar surface area (TPSA) is 39.7 Å². The number of anilines is 1. The highest BCUT2D eigenvalue weighted by atomic mass is 35.5. The summed E-state index contributed by atoms with van der Waals surface area (Å²) in [6.45, 7) is 0. The van der Waals surface area contributed by atoms with Crippen LogP contribution in [0.25, 0.3) is 0 Å². The number of benzene rings is 1. The third-order valence-electron chi connectivity index (χ3n) is 1.57. The minimum Gasteiger partial charge on any atom is -0.263 e. The third-order valence-corrected chi connectivity index (χ3v) is 1.75. The normalized spacial score (nSPS) is 14.6. The second-order valence-corrected chi connectivity index (χ2v) is 3.00. The highest BCUT2D eigenvalue weighted by Gasteiger charge is 2.03. The number of rotatable bonds is 2. The summed E-state index contributed by atoms with van der Waals surface area (Å²) >= 11 is 5.69. The van der Waals surface area contributed by atoms with E-state index >= 15 is 0 Å². The first kappa shape index (κ1) is 8.90. The fraction of sp³-hybridized carbons (Fsp3) is 0. The Hall–Kier alpha value is -1.68. The standard InChI is InChI=1S/C9H8ClN4/c10-9-6-7-11-14(13-9)12-8-4-2-1-3-5-8/h1-6,11-12H. The van der Waals surface area contributed by atoms with Crippen molar-refractivity contribution < 1.29 is 0 Å². The average Bonchev–Trinajstić information content (AvgIpc) is 2.19. The van der Waals surface area contributed by atoms with E-state index in [1.807, 2.05) is 30.3 Å². The van der Waals surface area contributed by atoms with Crippen LogP contribution in [0.2, 0.25) is 0 Å². The van der Waals surface area contributed by atoms with Crippen molar-refractivity contribution in [2.24, 2.45) is 5.10 Å². The monoisotopic (exact) mass is 207 g/mol. The van der Waals surface area contributed by atoms with Crippen molar-refractivity contribution in [1.82, 2.24) is 10.7 Å². The van der Waals surface area contributed by atoms with E-state index < -0.39 is 0 Å². The van der Waals surface area contributed by atoms with Gasteiger partial charge in [0.25, 0.3) is 0 Å². The lowest BCUT2D eigenvalue weighted by molar-refractivity contribution is 0.277. The number of allylic oxidation sites excluding steroid dienone is 1. The molecular formula is C9H8ClN4. The molecular weight excluding hydrogens is 200 g/mol. The maximum Gasteiger partial charge on any atom is 0.155 e. The van der Waals surface area contributed by atoms with Crippen molar-refractivity contribution in [3.63, 3.8) is 0 Å². The molecule has 14 heavy (non-hydrogen) atoms. The molecule has 0 unspecified atom stereocenters. The van der Waals surface area contributed by atoms with Gasteiger partial charge in [-0.25, -0.2) is 0 Å². The van der Waals surface area contributed by atoms with Gasteiger partial charge < -0.3 is 0 Å². The minimum atomic E-state index is 0.368. The zero-order chi connectivity index (χ0) is 9.80. The van der Waals surface area contributed by atoms with Crippen LogP contribution in [0.4, 0.5) is 5.69 Å². The van der Waals surface area contributed by atoms with Gasteiger partial charge in [0.15, 0.2) is 5.17 Å². The lowest BCUT2D eigenvalue weighted by Crippen LogP contribution is -2.37. The van der Waals surface area contributed by atoms with Gasteiger partial charge in [0.2, 0.25) is 0 Å². The molecule has 4 nitrogen and oxygen atoms in total. The van der Waals surface area contributed by atoms with E-state index in [0.717, 1.165) is 5.69 Å². The summed E-state index contributed by atoms with van der Waals surface area (Å²) in [4.78, 5) is 0. The predicted molar refractivity (Wildman–Crippen MR) is 56.1 cm³/mol. The van der Waals surface area contributed by atoms with Crippen LogP contribution in [0.5, 0.6) is 0 Å². The summed E-state index contributed by atoms with van der Waals surface area (Å²) < 4.78 is 0. The molecule has 2 rings (SSSR count). The molecule has 5 heteroatoms. The van der Waals surface area contributed by atoms with Crippen molar-refractivity contribution >= 4 is 22.5 Å². The number of nitrogens with zero attached hydrogens (tertiary/aromatic N) is 2. The molecule has 2 N–H and O–H groups in total. The lowest BCUT2D eigenvalue weighted by atomic mass is 10.3. The van der Waals surface area contributed by atoms with E-state index in [-0.39, 0.29) is 0 Å². The molecule has 0 bridgehead atoms. The highest BCUT2D eigenvalue weighted by molar-refractivity contribution is 6.68. The summed E-state index contributed by atoms with van der Waals surface area (Å²) in [7, 11) is 0. The first-order chi connectivity index (χ1) is 6.84. The number of para-hydroxylation sites is 1. The number of hydrogen-bond donors (Lipinski definition) is 2. The molecule has 71 valence electrons. The van der Waals surface area contributed by atoms with E-state index in [1.165, 1.54) is 5.23 Å². The Bertz CT molecular complexity index is 360. The summed E-state index contributed by atoms with van der Waals surface area (Å²) in [6.07, 6.45) is 4.28. The molecule has 1 aromatic rings.